The van der Waals surface area contributed by atoms with Crippen molar-refractivity contribution < 1.29 is 18.0 Å². The van der Waals surface area contributed by atoms with Gasteiger partial charge in [0.25, 0.3) is 0 Å². The lowest BCUT2D eigenvalue weighted by molar-refractivity contribution is -0.152. The van der Waals surface area contributed by atoms with Crippen LogP contribution in [0.2, 0.25) is 0 Å². The van der Waals surface area contributed by atoms with Crippen molar-refractivity contribution >= 4 is 5.91 Å². The van der Waals surface area contributed by atoms with E-state index in [0.29, 0.717) is 0 Å². The molecule has 94 valence electrons. The molecule has 0 bridgehead atoms. The van der Waals surface area contributed by atoms with Crippen LogP contribution >= 0.6 is 0 Å². The summed E-state index contributed by atoms with van der Waals surface area (Å²) in [6.45, 7) is 0. The zero-order valence-electron chi connectivity index (χ0n) is 9.20. The number of nitrogens with two attached hydrogens (primary N) is 1. The first-order valence-corrected chi connectivity index (χ1v) is 5.31. The molecule has 1 aromatic carbocycles. The molecule has 0 aliphatic heterocycles. The van der Waals surface area contributed by atoms with Gasteiger partial charge in [-0.25, -0.2) is 0 Å². The number of carbonyl (C=O) groups excluding carboxylic acids is 1. The topological polar surface area (TPSA) is 43.1 Å². The first-order chi connectivity index (χ1) is 7.91. The fraction of sp³-hybridized carbons (Fsp3) is 0.417. The molecule has 0 aliphatic carbocycles. The zero-order chi connectivity index (χ0) is 12.9. The molecular formula is C12H14F3NO. The highest BCUT2D eigenvalue weighted by molar-refractivity contribution is 5.73. The third-order valence-corrected chi connectivity index (χ3v) is 2.51. The molecular weight excluding hydrogens is 231 g/mol. The Bertz CT molecular complexity index is 362. The van der Waals surface area contributed by atoms with Crippen LogP contribution in [0, 0.1) is 0 Å². The van der Waals surface area contributed by atoms with Gasteiger partial charge in [-0.05, 0) is 18.4 Å². The molecule has 0 aromatic heterocycles. The van der Waals surface area contributed by atoms with Gasteiger partial charge in [0.1, 0.15) is 0 Å². The summed E-state index contributed by atoms with van der Waals surface area (Å²) in [6.07, 6.45) is -4.27. The predicted octanol–water partition coefficient (Wildman–Crippen LogP) is 2.99. The predicted molar refractivity (Wildman–Crippen MR) is 58.3 cm³/mol. The second kappa shape index (κ2) is 5.70. The van der Waals surface area contributed by atoms with Crippen LogP contribution < -0.4 is 5.73 Å². The lowest BCUT2D eigenvalue weighted by atomic mass is 9.93. The van der Waals surface area contributed by atoms with Gasteiger partial charge in [-0.1, -0.05) is 30.3 Å². The summed E-state index contributed by atoms with van der Waals surface area (Å²) in [7, 11) is 0. The van der Waals surface area contributed by atoms with Crippen molar-refractivity contribution in [2.75, 3.05) is 0 Å². The summed E-state index contributed by atoms with van der Waals surface area (Å²) in [5, 5.41) is 0. The minimum atomic E-state index is -4.29. The van der Waals surface area contributed by atoms with Gasteiger partial charge in [-0.15, -0.1) is 0 Å². The monoisotopic (exact) mass is 245 g/mol. The molecule has 1 atom stereocenters. The number of amides is 1. The van der Waals surface area contributed by atoms with E-state index in [0.717, 1.165) is 0 Å². The Hall–Kier alpha value is -1.52. The molecule has 1 rings (SSSR count). The van der Waals surface area contributed by atoms with Crippen LogP contribution in [0.1, 0.15) is 30.7 Å². The molecule has 0 heterocycles. The molecule has 5 heteroatoms. The maximum atomic E-state index is 12.8. The Balaban J connectivity index is 2.72. The van der Waals surface area contributed by atoms with E-state index in [1.807, 2.05) is 0 Å². The van der Waals surface area contributed by atoms with Crippen LogP contribution in [-0.2, 0) is 4.79 Å². The number of primary amides is 1. The average molecular weight is 245 g/mol. The SMILES string of the molecule is NC(=O)CCCC(c1ccccc1)C(F)(F)F. The van der Waals surface area contributed by atoms with Gasteiger partial charge >= 0.3 is 6.18 Å². The number of carbonyl (C=O) groups is 1. The molecule has 2 nitrogen and oxygen atoms in total. The lowest BCUT2D eigenvalue weighted by Gasteiger charge is -2.20. The Morgan fingerprint density at radius 2 is 1.82 bits per heavy atom. The van der Waals surface area contributed by atoms with Crippen molar-refractivity contribution in [1.82, 2.24) is 0 Å². The van der Waals surface area contributed by atoms with Crippen LogP contribution in [0.15, 0.2) is 30.3 Å². The standard InChI is InChI=1S/C12H14F3NO/c13-12(14,15)10(7-4-8-11(16)17)9-5-2-1-3-6-9/h1-3,5-6,10H,4,7-8H2,(H2,16,17). The van der Waals surface area contributed by atoms with Crippen molar-refractivity contribution in [2.45, 2.75) is 31.4 Å². The molecule has 17 heavy (non-hydrogen) atoms. The van der Waals surface area contributed by atoms with E-state index < -0.39 is 18.0 Å². The number of hydrogen-bond donors (Lipinski definition) is 1. The first-order valence-electron chi connectivity index (χ1n) is 5.31. The maximum absolute atomic E-state index is 12.8. The minimum absolute atomic E-state index is 0.0145. The summed E-state index contributed by atoms with van der Waals surface area (Å²) in [5.74, 6) is -2.10. The van der Waals surface area contributed by atoms with Crippen LogP contribution in [0.25, 0.3) is 0 Å². The van der Waals surface area contributed by atoms with Crippen LogP contribution in [-0.4, -0.2) is 12.1 Å². The fourth-order valence-corrected chi connectivity index (χ4v) is 1.69. The average Bonchev–Trinajstić information content (AvgIpc) is 2.23. The Morgan fingerprint density at radius 1 is 1.24 bits per heavy atom. The second-order valence-corrected chi connectivity index (χ2v) is 3.86. The van der Waals surface area contributed by atoms with Gasteiger partial charge in [0.05, 0.1) is 5.92 Å². The Kier molecular flexibility index (Phi) is 4.54. The first kappa shape index (κ1) is 13.5. The van der Waals surface area contributed by atoms with Crippen molar-refractivity contribution in [2.24, 2.45) is 5.73 Å². The molecule has 1 unspecified atom stereocenters. The lowest BCUT2D eigenvalue weighted by Crippen LogP contribution is -2.21. The van der Waals surface area contributed by atoms with Gasteiger partial charge in [0.15, 0.2) is 0 Å². The van der Waals surface area contributed by atoms with Gasteiger partial charge in [0.2, 0.25) is 5.91 Å². The normalized spacial score (nSPS) is 13.4. The highest BCUT2D eigenvalue weighted by Crippen LogP contribution is 2.38. The smallest absolute Gasteiger partial charge is 0.370 e. The Labute approximate surface area is 97.6 Å². The van der Waals surface area contributed by atoms with Crippen LogP contribution in [0.4, 0.5) is 13.2 Å². The van der Waals surface area contributed by atoms with E-state index in [1.165, 1.54) is 12.1 Å². The number of alkyl halides is 3. The fourth-order valence-electron chi connectivity index (χ4n) is 1.69. The van der Waals surface area contributed by atoms with E-state index in [1.54, 1.807) is 18.2 Å². The number of hydrogen-bond acceptors (Lipinski definition) is 1. The number of halogens is 3. The molecule has 0 radical (unpaired) electrons. The largest absolute Gasteiger partial charge is 0.395 e. The van der Waals surface area contributed by atoms with Crippen molar-refractivity contribution in [3.05, 3.63) is 35.9 Å². The second-order valence-electron chi connectivity index (χ2n) is 3.86. The molecule has 0 aliphatic rings. The van der Waals surface area contributed by atoms with E-state index in [9.17, 15) is 18.0 Å². The summed E-state index contributed by atoms with van der Waals surface area (Å²) in [5.41, 5.74) is 5.13. The van der Waals surface area contributed by atoms with Crippen LogP contribution in [0.3, 0.4) is 0 Å². The summed E-state index contributed by atoms with van der Waals surface area (Å²) >= 11 is 0. The van der Waals surface area contributed by atoms with Gasteiger partial charge in [0, 0.05) is 6.42 Å². The summed E-state index contributed by atoms with van der Waals surface area (Å²) in [4.78, 5) is 10.5. The Morgan fingerprint density at radius 3 is 2.29 bits per heavy atom. The molecule has 1 aromatic rings. The quantitative estimate of drug-likeness (QED) is 0.851. The van der Waals surface area contributed by atoms with E-state index in [-0.39, 0.29) is 24.8 Å². The van der Waals surface area contributed by atoms with Crippen molar-refractivity contribution in [1.29, 1.82) is 0 Å². The summed E-state index contributed by atoms with van der Waals surface area (Å²) < 4.78 is 38.4. The minimum Gasteiger partial charge on any atom is -0.370 e. The molecule has 0 fully saturated rings. The third kappa shape index (κ3) is 4.46. The highest BCUT2D eigenvalue weighted by Gasteiger charge is 2.39. The van der Waals surface area contributed by atoms with Gasteiger partial charge in [-0.3, -0.25) is 4.79 Å². The maximum Gasteiger partial charge on any atom is 0.395 e. The number of benzene rings is 1. The molecule has 0 saturated heterocycles. The van der Waals surface area contributed by atoms with E-state index in [2.05, 4.69) is 0 Å². The van der Waals surface area contributed by atoms with Gasteiger partial charge in [-0.2, -0.15) is 13.2 Å². The van der Waals surface area contributed by atoms with E-state index >= 15 is 0 Å². The van der Waals surface area contributed by atoms with E-state index in [4.69, 9.17) is 5.73 Å². The van der Waals surface area contributed by atoms with Crippen LogP contribution in [0.5, 0.6) is 0 Å². The van der Waals surface area contributed by atoms with Crippen molar-refractivity contribution in [3.63, 3.8) is 0 Å². The van der Waals surface area contributed by atoms with Crippen molar-refractivity contribution in [3.8, 4) is 0 Å². The zero-order valence-corrected chi connectivity index (χ0v) is 9.20. The molecule has 0 saturated carbocycles. The highest BCUT2D eigenvalue weighted by atomic mass is 19.4. The molecule has 2 N–H and O–H groups in total. The molecule has 0 spiro atoms. The summed E-state index contributed by atoms with van der Waals surface area (Å²) in [6, 6.07) is 7.70. The van der Waals surface area contributed by atoms with Gasteiger partial charge < -0.3 is 5.73 Å². The molecule has 1 amide bonds. The third-order valence-electron chi connectivity index (χ3n) is 2.51. The number of rotatable bonds is 5.